The molecule has 5 rings (SSSR count). The Morgan fingerprint density at radius 1 is 1.16 bits per heavy atom. The van der Waals surface area contributed by atoms with Gasteiger partial charge in [-0.25, -0.2) is 4.79 Å². The minimum Gasteiger partial charge on any atom is -0.361 e. The number of aromatic amines is 1. The van der Waals surface area contributed by atoms with E-state index < -0.39 is 0 Å². The Bertz CT molecular complexity index is 1110. The lowest BCUT2D eigenvalue weighted by Gasteiger charge is -2.36. The van der Waals surface area contributed by atoms with Crippen molar-refractivity contribution in [2.75, 3.05) is 26.2 Å². The second kappa shape index (κ2) is 8.09. The van der Waals surface area contributed by atoms with Crippen molar-refractivity contribution < 1.29 is 9.59 Å². The molecule has 0 radical (unpaired) electrons. The zero-order chi connectivity index (χ0) is 21.4. The summed E-state index contributed by atoms with van der Waals surface area (Å²) in [5.74, 6) is 0.108. The van der Waals surface area contributed by atoms with Crippen LogP contribution in [0.4, 0.5) is 4.79 Å². The molecule has 0 spiro atoms. The molecule has 1 fully saturated rings. The van der Waals surface area contributed by atoms with Gasteiger partial charge in [-0.1, -0.05) is 18.2 Å². The van der Waals surface area contributed by atoms with Crippen LogP contribution >= 0.6 is 0 Å². The number of nitrogens with zero attached hydrogens (tertiary/aromatic N) is 4. The van der Waals surface area contributed by atoms with Gasteiger partial charge >= 0.3 is 6.03 Å². The highest BCUT2D eigenvalue weighted by molar-refractivity contribution is 5.89. The van der Waals surface area contributed by atoms with Crippen LogP contribution in [0, 0.1) is 0 Å². The molecule has 1 atom stereocenters. The van der Waals surface area contributed by atoms with Crippen molar-refractivity contribution in [1.82, 2.24) is 29.9 Å². The smallest absolute Gasteiger partial charge is 0.318 e. The Kier molecular flexibility index (Phi) is 5.13. The summed E-state index contributed by atoms with van der Waals surface area (Å²) < 4.78 is 1.91. The van der Waals surface area contributed by atoms with Crippen LogP contribution in [0.15, 0.2) is 36.7 Å². The average Bonchev–Trinajstić information content (AvgIpc) is 3.38. The van der Waals surface area contributed by atoms with Gasteiger partial charge in [-0.05, 0) is 30.9 Å². The number of carbonyl (C=O) groups is 2. The summed E-state index contributed by atoms with van der Waals surface area (Å²) in [7, 11) is 1.95. The third kappa shape index (κ3) is 3.78. The van der Waals surface area contributed by atoms with E-state index in [9.17, 15) is 9.59 Å². The third-order valence-corrected chi connectivity index (χ3v) is 6.61. The predicted molar refractivity (Wildman–Crippen MR) is 118 cm³/mol. The number of carbonyl (C=O) groups excluding carboxylic acids is 2. The molecule has 0 saturated carbocycles. The van der Waals surface area contributed by atoms with E-state index in [4.69, 9.17) is 0 Å². The van der Waals surface area contributed by atoms with Crippen LogP contribution in [0.1, 0.15) is 35.7 Å². The number of aromatic nitrogens is 3. The van der Waals surface area contributed by atoms with Gasteiger partial charge in [0.1, 0.15) is 0 Å². The Hall–Kier alpha value is -3.29. The van der Waals surface area contributed by atoms with Crippen molar-refractivity contribution in [1.29, 1.82) is 0 Å². The van der Waals surface area contributed by atoms with Gasteiger partial charge in [0.15, 0.2) is 0 Å². The molecule has 2 N–H and O–H groups in total. The summed E-state index contributed by atoms with van der Waals surface area (Å²) in [4.78, 5) is 32.6. The molecule has 31 heavy (non-hydrogen) atoms. The molecule has 0 bridgehead atoms. The van der Waals surface area contributed by atoms with Crippen LogP contribution < -0.4 is 5.32 Å². The molecule has 2 aromatic heterocycles. The molecule has 1 unspecified atom stereocenters. The van der Waals surface area contributed by atoms with Crippen LogP contribution in [0.25, 0.3) is 10.9 Å². The number of fused-ring (bicyclic) bond motifs is 2. The van der Waals surface area contributed by atoms with E-state index in [0.29, 0.717) is 32.6 Å². The Morgan fingerprint density at radius 2 is 1.94 bits per heavy atom. The fourth-order valence-corrected chi connectivity index (χ4v) is 4.81. The zero-order valence-corrected chi connectivity index (χ0v) is 17.8. The first kappa shape index (κ1) is 19.7. The molecular weight excluding hydrogens is 392 g/mol. The van der Waals surface area contributed by atoms with Crippen LogP contribution in [0.2, 0.25) is 0 Å². The number of H-pyrrole nitrogens is 1. The number of para-hydroxylation sites is 1. The SMILES string of the molecule is Cn1ncc2c1CCCC2NC(=O)N1CCN(C(=O)Cc2c[nH]c3ccccc23)CC1. The number of piperazine rings is 1. The molecular formula is C23H28N6O2. The molecule has 2 aliphatic rings. The topological polar surface area (TPSA) is 86.3 Å². The Balaban J connectivity index is 1.16. The lowest BCUT2D eigenvalue weighted by atomic mass is 9.93. The van der Waals surface area contributed by atoms with Crippen LogP contribution in [0.3, 0.4) is 0 Å². The largest absolute Gasteiger partial charge is 0.361 e. The van der Waals surface area contributed by atoms with E-state index in [1.807, 2.05) is 58.2 Å². The average molecular weight is 421 g/mol. The number of rotatable bonds is 3. The van der Waals surface area contributed by atoms with E-state index in [0.717, 1.165) is 41.3 Å². The molecule has 162 valence electrons. The monoisotopic (exact) mass is 420 g/mol. The van der Waals surface area contributed by atoms with Crippen molar-refractivity contribution >= 4 is 22.8 Å². The highest BCUT2D eigenvalue weighted by Crippen LogP contribution is 2.29. The van der Waals surface area contributed by atoms with Crippen molar-refractivity contribution in [2.24, 2.45) is 7.05 Å². The molecule has 1 saturated heterocycles. The molecule has 3 amide bonds. The van der Waals surface area contributed by atoms with E-state index in [2.05, 4.69) is 15.4 Å². The quantitative estimate of drug-likeness (QED) is 0.682. The van der Waals surface area contributed by atoms with E-state index >= 15 is 0 Å². The first-order valence-corrected chi connectivity index (χ1v) is 11.0. The fourth-order valence-electron chi connectivity index (χ4n) is 4.81. The summed E-state index contributed by atoms with van der Waals surface area (Å²) in [6.07, 6.45) is 7.17. The number of hydrogen-bond acceptors (Lipinski definition) is 3. The number of nitrogens with one attached hydrogen (secondary N) is 2. The number of hydrogen-bond donors (Lipinski definition) is 2. The van der Waals surface area contributed by atoms with Gasteiger partial charge in [-0.15, -0.1) is 0 Å². The third-order valence-electron chi connectivity index (χ3n) is 6.61. The summed E-state index contributed by atoms with van der Waals surface area (Å²) in [6, 6.07) is 7.99. The summed E-state index contributed by atoms with van der Waals surface area (Å²) in [6.45, 7) is 2.24. The minimum atomic E-state index is -0.0505. The van der Waals surface area contributed by atoms with Crippen molar-refractivity contribution in [3.63, 3.8) is 0 Å². The lowest BCUT2D eigenvalue weighted by molar-refractivity contribution is -0.131. The molecule has 3 aromatic rings. The maximum Gasteiger partial charge on any atom is 0.318 e. The van der Waals surface area contributed by atoms with Gasteiger partial charge in [-0.2, -0.15) is 5.10 Å². The van der Waals surface area contributed by atoms with Gasteiger partial charge in [-0.3, -0.25) is 9.48 Å². The van der Waals surface area contributed by atoms with Gasteiger partial charge in [0.25, 0.3) is 0 Å². The number of amides is 3. The van der Waals surface area contributed by atoms with Crippen molar-refractivity contribution in [3.8, 4) is 0 Å². The zero-order valence-electron chi connectivity index (χ0n) is 17.8. The van der Waals surface area contributed by atoms with Crippen LogP contribution in [0.5, 0.6) is 0 Å². The summed E-state index contributed by atoms with van der Waals surface area (Å²) >= 11 is 0. The fraction of sp³-hybridized carbons (Fsp3) is 0.435. The second-order valence-electron chi connectivity index (χ2n) is 8.47. The van der Waals surface area contributed by atoms with Crippen molar-refractivity contribution in [2.45, 2.75) is 31.7 Å². The van der Waals surface area contributed by atoms with E-state index in [1.165, 1.54) is 5.69 Å². The maximum absolute atomic E-state index is 12.8. The minimum absolute atomic E-state index is 0.0199. The molecule has 8 heteroatoms. The number of aryl methyl sites for hydroxylation is 1. The molecule has 3 heterocycles. The number of urea groups is 1. The molecule has 1 aliphatic heterocycles. The van der Waals surface area contributed by atoms with Gasteiger partial charge < -0.3 is 20.1 Å². The van der Waals surface area contributed by atoms with E-state index in [-0.39, 0.29) is 18.0 Å². The Labute approximate surface area is 181 Å². The number of benzene rings is 1. The lowest BCUT2D eigenvalue weighted by Crippen LogP contribution is -2.54. The highest BCUT2D eigenvalue weighted by Gasteiger charge is 2.29. The van der Waals surface area contributed by atoms with Crippen molar-refractivity contribution in [3.05, 3.63) is 53.5 Å². The maximum atomic E-state index is 12.8. The molecule has 1 aromatic carbocycles. The standard InChI is InChI=1S/C23H28N6O2/c1-27-21-8-4-7-20(18(21)15-25-27)26-23(31)29-11-9-28(10-12-29)22(30)13-16-14-24-19-6-3-2-5-17(16)19/h2-3,5-6,14-15,20,24H,4,7-13H2,1H3,(H,26,31). The first-order valence-electron chi connectivity index (χ1n) is 11.0. The van der Waals surface area contributed by atoms with Gasteiger partial charge in [0, 0.05) is 61.6 Å². The highest BCUT2D eigenvalue weighted by atomic mass is 16.2. The molecule has 1 aliphatic carbocycles. The Morgan fingerprint density at radius 3 is 2.77 bits per heavy atom. The normalized spacial score (nSPS) is 18.8. The van der Waals surface area contributed by atoms with E-state index in [1.54, 1.807) is 0 Å². The second-order valence-corrected chi connectivity index (χ2v) is 8.47. The summed E-state index contributed by atoms with van der Waals surface area (Å²) in [5, 5.41) is 8.63. The predicted octanol–water partition coefficient (Wildman–Crippen LogP) is 2.38. The van der Waals surface area contributed by atoms with Gasteiger partial charge in [0.05, 0.1) is 18.7 Å². The van der Waals surface area contributed by atoms with Gasteiger partial charge in [0.2, 0.25) is 5.91 Å². The molecule has 8 nitrogen and oxygen atoms in total. The summed E-state index contributed by atoms with van der Waals surface area (Å²) in [5.41, 5.74) is 4.41. The first-order chi connectivity index (χ1) is 15.1. The van der Waals surface area contributed by atoms with Crippen LogP contribution in [-0.4, -0.2) is 62.7 Å². The van der Waals surface area contributed by atoms with Crippen LogP contribution in [-0.2, 0) is 24.7 Å².